The first-order chi connectivity index (χ1) is 11.3. The third-order valence-corrected chi connectivity index (χ3v) is 4.44. The molecule has 0 fully saturated rings. The Kier molecular flexibility index (Phi) is 5.67. The van der Waals surface area contributed by atoms with Crippen LogP contribution in [0.15, 0.2) is 36.4 Å². The van der Waals surface area contributed by atoms with Crippen molar-refractivity contribution in [1.82, 2.24) is 0 Å². The Balaban J connectivity index is 2.68. The molecule has 0 aromatic heterocycles. The summed E-state index contributed by atoms with van der Waals surface area (Å²) >= 11 is 0. The van der Waals surface area contributed by atoms with Gasteiger partial charge in [0.25, 0.3) is 6.26 Å². The molecule has 0 aliphatic heterocycles. The van der Waals surface area contributed by atoms with Gasteiger partial charge in [-0.05, 0) is 57.7 Å². The molecule has 0 saturated heterocycles. The van der Waals surface area contributed by atoms with E-state index in [2.05, 4.69) is 65.8 Å². The quantitative estimate of drug-likeness (QED) is 0.582. The van der Waals surface area contributed by atoms with E-state index in [-0.39, 0.29) is 0 Å². The van der Waals surface area contributed by atoms with Gasteiger partial charge < -0.3 is 4.74 Å². The minimum absolute atomic E-state index is 0.450. The summed E-state index contributed by atoms with van der Waals surface area (Å²) in [6.07, 6.45) is 1.72. The summed E-state index contributed by atoms with van der Waals surface area (Å²) in [5.74, 6) is 2.00. The van der Waals surface area contributed by atoms with E-state index in [1.807, 2.05) is 12.1 Å². The van der Waals surface area contributed by atoms with E-state index >= 15 is 0 Å². The highest BCUT2D eigenvalue weighted by atomic mass is 16.5. The standard InChI is InChI=1S/C22H27NO/c1-14(2)18-11-20(15(3)4)22(21(12-18)16(5)6)17-7-9-19(10-8-17)24-13-23/h7-12,14-16H,1-6H3. The lowest BCUT2D eigenvalue weighted by Crippen LogP contribution is -2.03. The highest BCUT2D eigenvalue weighted by Crippen LogP contribution is 2.39. The summed E-state index contributed by atoms with van der Waals surface area (Å²) in [5.41, 5.74) is 6.68. The van der Waals surface area contributed by atoms with E-state index < -0.39 is 0 Å². The molecule has 0 amide bonds. The van der Waals surface area contributed by atoms with Gasteiger partial charge in [0.2, 0.25) is 0 Å². The number of hydrogen-bond donors (Lipinski definition) is 0. The zero-order chi connectivity index (χ0) is 17.9. The maximum atomic E-state index is 8.65. The van der Waals surface area contributed by atoms with Crippen LogP contribution >= 0.6 is 0 Å². The molecule has 2 nitrogen and oxygen atoms in total. The summed E-state index contributed by atoms with van der Waals surface area (Å²) in [7, 11) is 0. The SMILES string of the molecule is CC(C)c1cc(C(C)C)c(-c2ccc(OC#N)cc2)c(C(C)C)c1. The third-order valence-electron chi connectivity index (χ3n) is 4.44. The second-order valence-corrected chi connectivity index (χ2v) is 7.26. The van der Waals surface area contributed by atoms with Crippen LogP contribution in [0.3, 0.4) is 0 Å². The summed E-state index contributed by atoms with van der Waals surface area (Å²) < 4.78 is 4.91. The van der Waals surface area contributed by atoms with Gasteiger partial charge in [-0.15, -0.1) is 5.26 Å². The fourth-order valence-electron chi connectivity index (χ4n) is 3.03. The van der Waals surface area contributed by atoms with Crippen molar-refractivity contribution >= 4 is 0 Å². The average Bonchev–Trinajstić information content (AvgIpc) is 2.54. The zero-order valence-electron chi connectivity index (χ0n) is 15.6. The first kappa shape index (κ1) is 18.1. The van der Waals surface area contributed by atoms with Crippen molar-refractivity contribution < 1.29 is 4.74 Å². The van der Waals surface area contributed by atoms with Gasteiger partial charge in [0, 0.05) is 0 Å². The molecule has 0 N–H and O–H groups in total. The number of hydrogen-bond acceptors (Lipinski definition) is 2. The third kappa shape index (κ3) is 3.79. The topological polar surface area (TPSA) is 33.0 Å². The molecule has 2 aromatic rings. The van der Waals surface area contributed by atoms with Crippen LogP contribution in [0, 0.1) is 11.5 Å². The number of rotatable bonds is 5. The van der Waals surface area contributed by atoms with Gasteiger partial charge in [-0.3, -0.25) is 0 Å². The Bertz CT molecular complexity index is 705. The molecule has 0 saturated carbocycles. The van der Waals surface area contributed by atoms with E-state index in [9.17, 15) is 0 Å². The predicted octanol–water partition coefficient (Wildman–Crippen LogP) is 6.58. The Labute approximate surface area is 146 Å². The highest BCUT2D eigenvalue weighted by molar-refractivity contribution is 5.73. The fourth-order valence-corrected chi connectivity index (χ4v) is 3.03. The molecule has 126 valence electrons. The van der Waals surface area contributed by atoms with Crippen molar-refractivity contribution in [2.45, 2.75) is 59.3 Å². The molecule has 2 rings (SSSR count). The van der Waals surface area contributed by atoms with Gasteiger partial charge in [0.05, 0.1) is 0 Å². The number of nitriles is 1. The highest BCUT2D eigenvalue weighted by Gasteiger charge is 2.18. The minimum atomic E-state index is 0.450. The van der Waals surface area contributed by atoms with Crippen molar-refractivity contribution in [1.29, 1.82) is 5.26 Å². The lowest BCUT2D eigenvalue weighted by molar-refractivity contribution is 0.507. The molecule has 0 atom stereocenters. The van der Waals surface area contributed by atoms with Gasteiger partial charge >= 0.3 is 0 Å². The predicted molar refractivity (Wildman–Crippen MR) is 100 cm³/mol. The lowest BCUT2D eigenvalue weighted by atomic mass is 9.82. The first-order valence-electron chi connectivity index (χ1n) is 8.69. The van der Waals surface area contributed by atoms with Crippen molar-refractivity contribution in [2.75, 3.05) is 0 Å². The Morgan fingerprint density at radius 3 is 1.67 bits per heavy atom. The zero-order valence-corrected chi connectivity index (χ0v) is 15.6. The second-order valence-electron chi connectivity index (χ2n) is 7.26. The van der Waals surface area contributed by atoms with Crippen LogP contribution in [0.5, 0.6) is 5.75 Å². The van der Waals surface area contributed by atoms with Crippen molar-refractivity contribution in [2.24, 2.45) is 0 Å². The Morgan fingerprint density at radius 2 is 1.29 bits per heavy atom. The van der Waals surface area contributed by atoms with Crippen molar-refractivity contribution in [3.8, 4) is 23.1 Å². The normalized spacial score (nSPS) is 11.2. The molecule has 0 radical (unpaired) electrons. The van der Waals surface area contributed by atoms with Crippen LogP contribution in [0.2, 0.25) is 0 Å². The van der Waals surface area contributed by atoms with E-state index in [0.717, 1.165) is 0 Å². The summed E-state index contributed by atoms with van der Waals surface area (Å²) in [4.78, 5) is 0. The van der Waals surface area contributed by atoms with Crippen molar-refractivity contribution in [3.63, 3.8) is 0 Å². The van der Waals surface area contributed by atoms with Crippen LogP contribution in [0.4, 0.5) is 0 Å². The van der Waals surface area contributed by atoms with Crippen LogP contribution in [0.25, 0.3) is 11.1 Å². The Morgan fingerprint density at radius 1 is 0.792 bits per heavy atom. The number of benzene rings is 2. The summed E-state index contributed by atoms with van der Waals surface area (Å²) in [6, 6.07) is 12.5. The smallest absolute Gasteiger partial charge is 0.292 e. The lowest BCUT2D eigenvalue weighted by Gasteiger charge is -2.23. The van der Waals surface area contributed by atoms with Gasteiger partial charge in [-0.25, -0.2) is 0 Å². The minimum Gasteiger partial charge on any atom is -0.388 e. The second kappa shape index (κ2) is 7.53. The maximum absolute atomic E-state index is 8.65. The molecule has 2 heteroatoms. The molecule has 0 aliphatic carbocycles. The monoisotopic (exact) mass is 321 g/mol. The number of ether oxygens (including phenoxy) is 1. The van der Waals surface area contributed by atoms with Crippen molar-refractivity contribution in [3.05, 3.63) is 53.1 Å². The van der Waals surface area contributed by atoms with E-state index in [1.165, 1.54) is 27.8 Å². The summed E-state index contributed by atoms with van der Waals surface area (Å²) in [5, 5.41) is 8.65. The molecule has 0 bridgehead atoms. The van der Waals surface area contributed by atoms with Crippen LogP contribution < -0.4 is 4.74 Å². The summed E-state index contributed by atoms with van der Waals surface area (Å²) in [6.45, 7) is 13.5. The number of nitrogens with zero attached hydrogens (tertiary/aromatic N) is 1. The maximum Gasteiger partial charge on any atom is 0.292 e. The fraction of sp³-hybridized carbons (Fsp3) is 0.409. The Hall–Kier alpha value is -2.27. The molecular weight excluding hydrogens is 294 g/mol. The van der Waals surface area contributed by atoms with Gasteiger partial charge in [-0.2, -0.15) is 0 Å². The molecule has 0 aliphatic rings. The van der Waals surface area contributed by atoms with Crippen LogP contribution in [0.1, 0.15) is 76.0 Å². The van der Waals surface area contributed by atoms with Crippen LogP contribution in [-0.2, 0) is 0 Å². The largest absolute Gasteiger partial charge is 0.388 e. The van der Waals surface area contributed by atoms with E-state index in [0.29, 0.717) is 23.5 Å². The van der Waals surface area contributed by atoms with Gasteiger partial charge in [-0.1, -0.05) is 65.8 Å². The van der Waals surface area contributed by atoms with Gasteiger partial charge in [0.1, 0.15) is 5.75 Å². The van der Waals surface area contributed by atoms with Gasteiger partial charge in [0.15, 0.2) is 0 Å². The average molecular weight is 321 g/mol. The van der Waals surface area contributed by atoms with Crippen LogP contribution in [-0.4, -0.2) is 0 Å². The molecule has 0 spiro atoms. The molecule has 24 heavy (non-hydrogen) atoms. The van der Waals surface area contributed by atoms with E-state index in [1.54, 1.807) is 6.26 Å². The molecule has 0 unspecified atom stereocenters. The van der Waals surface area contributed by atoms with E-state index in [4.69, 9.17) is 10.00 Å². The molecule has 0 heterocycles. The first-order valence-corrected chi connectivity index (χ1v) is 8.69. The molecular formula is C22H27NO. The molecule has 2 aromatic carbocycles.